The van der Waals surface area contributed by atoms with Gasteiger partial charge in [0, 0.05) is 5.69 Å². The maximum Gasteiger partial charge on any atom is 0.397 e. The molecule has 0 radical (unpaired) electrons. The van der Waals surface area contributed by atoms with Crippen LogP contribution in [0.4, 0.5) is 5.69 Å². The van der Waals surface area contributed by atoms with Crippen LogP contribution in [0.2, 0.25) is 0 Å². The number of rotatable bonds is 2. The molecule has 2 aromatic rings. The molecule has 20 heavy (non-hydrogen) atoms. The van der Waals surface area contributed by atoms with Crippen LogP contribution in [-0.2, 0) is 14.3 Å². The monoisotopic (exact) mass is 273 g/mol. The fraction of sp³-hybridized carbons (Fsp3) is 0.286. The summed E-state index contributed by atoms with van der Waals surface area (Å²) in [5.74, 6) is -1.71. The molecule has 6 nitrogen and oxygen atoms in total. The molecule has 0 aliphatic heterocycles. The van der Waals surface area contributed by atoms with Crippen LogP contribution in [0.5, 0.6) is 0 Å². The lowest BCUT2D eigenvalue weighted by molar-refractivity contribution is -0.152. The molecule has 0 spiro atoms. The molecule has 1 N–H and O–H groups in total. The predicted molar refractivity (Wildman–Crippen MR) is 74.3 cm³/mol. The molecule has 0 atom stereocenters. The van der Waals surface area contributed by atoms with Crippen LogP contribution < -0.4 is 5.32 Å². The van der Waals surface area contributed by atoms with Crippen LogP contribution in [-0.4, -0.2) is 28.5 Å². The molecule has 1 amide bonds. The van der Waals surface area contributed by atoms with Crippen LogP contribution in [0.25, 0.3) is 11.0 Å². The predicted octanol–water partition coefficient (Wildman–Crippen LogP) is 1.75. The molecule has 0 unspecified atom stereocenters. The third-order valence-electron chi connectivity index (χ3n) is 2.79. The van der Waals surface area contributed by atoms with Crippen LogP contribution in [0.3, 0.4) is 0 Å². The van der Waals surface area contributed by atoms with E-state index in [1.165, 1.54) is 0 Å². The van der Waals surface area contributed by atoms with Crippen molar-refractivity contribution in [3.8, 4) is 0 Å². The minimum Gasteiger partial charge on any atom is -0.459 e. The quantitative estimate of drug-likeness (QED) is 0.666. The number of nitrogens with zero attached hydrogens (tertiary/aromatic N) is 2. The van der Waals surface area contributed by atoms with Gasteiger partial charge in [-0.2, -0.15) is 0 Å². The van der Waals surface area contributed by atoms with Crippen molar-refractivity contribution < 1.29 is 14.3 Å². The van der Waals surface area contributed by atoms with Crippen LogP contribution in [0.1, 0.15) is 18.3 Å². The summed E-state index contributed by atoms with van der Waals surface area (Å²) in [6.07, 6.45) is 0. The van der Waals surface area contributed by atoms with E-state index in [4.69, 9.17) is 0 Å². The van der Waals surface area contributed by atoms with Gasteiger partial charge < -0.3 is 10.1 Å². The second kappa shape index (κ2) is 5.64. The van der Waals surface area contributed by atoms with E-state index in [2.05, 4.69) is 20.0 Å². The van der Waals surface area contributed by atoms with Crippen molar-refractivity contribution in [1.29, 1.82) is 0 Å². The molecule has 0 bridgehead atoms. The summed E-state index contributed by atoms with van der Waals surface area (Å²) in [5, 5.41) is 2.47. The molecule has 6 heteroatoms. The number of anilines is 1. The minimum absolute atomic E-state index is 0.161. The number of esters is 1. The number of benzene rings is 1. The number of hydrogen-bond donors (Lipinski definition) is 1. The maximum absolute atomic E-state index is 11.5. The van der Waals surface area contributed by atoms with Crippen LogP contribution in [0.15, 0.2) is 18.2 Å². The van der Waals surface area contributed by atoms with E-state index < -0.39 is 11.9 Å². The van der Waals surface area contributed by atoms with Crippen molar-refractivity contribution in [1.82, 2.24) is 9.97 Å². The Morgan fingerprint density at radius 2 is 1.80 bits per heavy atom. The van der Waals surface area contributed by atoms with Crippen molar-refractivity contribution in [3.05, 3.63) is 29.6 Å². The Labute approximate surface area is 116 Å². The molecule has 0 fully saturated rings. The Bertz CT molecular complexity index is 683. The lowest BCUT2D eigenvalue weighted by Gasteiger charge is -2.07. The number of nitrogens with one attached hydrogen (secondary N) is 1. The number of carbonyl (C=O) groups excluding carboxylic acids is 2. The first-order valence-corrected chi connectivity index (χ1v) is 6.24. The molecule has 0 aliphatic rings. The van der Waals surface area contributed by atoms with Gasteiger partial charge in [-0.25, -0.2) is 14.8 Å². The molecule has 1 aromatic heterocycles. The second-order valence-corrected chi connectivity index (χ2v) is 4.27. The van der Waals surface area contributed by atoms with E-state index in [0.29, 0.717) is 11.2 Å². The van der Waals surface area contributed by atoms with E-state index in [0.717, 1.165) is 16.9 Å². The fourth-order valence-electron chi connectivity index (χ4n) is 1.69. The van der Waals surface area contributed by atoms with Crippen molar-refractivity contribution in [2.75, 3.05) is 11.9 Å². The fourth-order valence-corrected chi connectivity index (χ4v) is 1.69. The van der Waals surface area contributed by atoms with Gasteiger partial charge in [-0.05, 0) is 39.0 Å². The Hall–Kier alpha value is -2.50. The lowest BCUT2D eigenvalue weighted by atomic mass is 10.2. The number of amides is 1. The van der Waals surface area contributed by atoms with Crippen LogP contribution in [0, 0.1) is 13.8 Å². The highest BCUT2D eigenvalue weighted by Gasteiger charge is 2.15. The Morgan fingerprint density at radius 3 is 2.45 bits per heavy atom. The van der Waals surface area contributed by atoms with Gasteiger partial charge in [0.2, 0.25) is 0 Å². The summed E-state index contributed by atoms with van der Waals surface area (Å²) >= 11 is 0. The van der Waals surface area contributed by atoms with Gasteiger partial charge in [0.15, 0.2) is 0 Å². The van der Waals surface area contributed by atoms with Crippen molar-refractivity contribution in [2.24, 2.45) is 0 Å². The minimum atomic E-state index is -0.904. The number of fused-ring (bicyclic) bond motifs is 1. The molecular formula is C14H15N3O3. The molecule has 0 aliphatic carbocycles. The van der Waals surface area contributed by atoms with Gasteiger partial charge in [0.25, 0.3) is 0 Å². The maximum atomic E-state index is 11.5. The SMILES string of the molecule is CCOC(=O)C(=O)Nc1ccc2nc(C)c(C)nc2c1. The molecule has 2 rings (SSSR count). The van der Waals surface area contributed by atoms with Crippen molar-refractivity contribution in [3.63, 3.8) is 0 Å². The first-order valence-electron chi connectivity index (χ1n) is 6.24. The first kappa shape index (κ1) is 13.9. The van der Waals surface area contributed by atoms with Gasteiger partial charge in [-0.15, -0.1) is 0 Å². The largest absolute Gasteiger partial charge is 0.459 e. The standard InChI is InChI=1S/C14H15N3O3/c1-4-20-14(19)13(18)17-10-5-6-11-12(7-10)16-9(3)8(2)15-11/h5-7H,4H2,1-3H3,(H,17,18). The van der Waals surface area contributed by atoms with E-state index in [1.54, 1.807) is 25.1 Å². The third kappa shape index (κ3) is 2.90. The summed E-state index contributed by atoms with van der Waals surface area (Å²) < 4.78 is 4.62. The molecular weight excluding hydrogens is 258 g/mol. The summed E-state index contributed by atoms with van der Waals surface area (Å²) in [4.78, 5) is 31.6. The van der Waals surface area contributed by atoms with Gasteiger partial charge in [-0.3, -0.25) is 4.79 Å². The van der Waals surface area contributed by atoms with Gasteiger partial charge >= 0.3 is 11.9 Å². The number of ether oxygens (including phenoxy) is 1. The number of aryl methyl sites for hydroxylation is 2. The summed E-state index contributed by atoms with van der Waals surface area (Å²) in [6.45, 7) is 5.56. The first-order chi connectivity index (χ1) is 9.51. The molecule has 104 valence electrons. The number of aromatic nitrogens is 2. The molecule has 0 saturated carbocycles. The van der Waals surface area contributed by atoms with E-state index in [-0.39, 0.29) is 6.61 Å². The van der Waals surface area contributed by atoms with Gasteiger partial charge in [0.05, 0.1) is 29.0 Å². The number of carbonyl (C=O) groups is 2. The zero-order chi connectivity index (χ0) is 14.7. The van der Waals surface area contributed by atoms with E-state index >= 15 is 0 Å². The van der Waals surface area contributed by atoms with Crippen molar-refractivity contribution >= 4 is 28.6 Å². The highest BCUT2D eigenvalue weighted by Crippen LogP contribution is 2.17. The average Bonchev–Trinajstić information content (AvgIpc) is 2.40. The molecule has 1 heterocycles. The average molecular weight is 273 g/mol. The number of hydrogen-bond acceptors (Lipinski definition) is 5. The van der Waals surface area contributed by atoms with Gasteiger partial charge in [0.1, 0.15) is 0 Å². The summed E-state index contributed by atoms with van der Waals surface area (Å²) in [7, 11) is 0. The van der Waals surface area contributed by atoms with E-state index in [1.807, 2.05) is 13.8 Å². The van der Waals surface area contributed by atoms with E-state index in [9.17, 15) is 9.59 Å². The Morgan fingerprint density at radius 1 is 1.15 bits per heavy atom. The summed E-state index contributed by atoms with van der Waals surface area (Å²) in [5.41, 5.74) is 3.57. The normalized spacial score (nSPS) is 10.3. The topological polar surface area (TPSA) is 81.2 Å². The molecule has 0 saturated heterocycles. The smallest absolute Gasteiger partial charge is 0.397 e. The highest BCUT2D eigenvalue weighted by molar-refractivity contribution is 6.37. The Kier molecular flexibility index (Phi) is 3.93. The zero-order valence-corrected chi connectivity index (χ0v) is 11.6. The summed E-state index contributed by atoms with van der Waals surface area (Å²) in [6, 6.07) is 5.09. The third-order valence-corrected chi connectivity index (χ3v) is 2.79. The highest BCUT2D eigenvalue weighted by atomic mass is 16.5. The zero-order valence-electron chi connectivity index (χ0n) is 11.6. The lowest BCUT2D eigenvalue weighted by Crippen LogP contribution is -2.24. The second-order valence-electron chi connectivity index (χ2n) is 4.27. The van der Waals surface area contributed by atoms with Crippen molar-refractivity contribution in [2.45, 2.75) is 20.8 Å². The van der Waals surface area contributed by atoms with Gasteiger partial charge in [-0.1, -0.05) is 0 Å². The molecule has 1 aromatic carbocycles. The van der Waals surface area contributed by atoms with Crippen LogP contribution >= 0.6 is 0 Å². The Balaban J connectivity index is 2.26.